The number of piperidine rings is 1. The van der Waals surface area contributed by atoms with E-state index >= 15 is 0 Å². The normalized spacial score (nSPS) is 22.3. The van der Waals surface area contributed by atoms with E-state index in [4.69, 9.17) is 0 Å². The fourth-order valence-electron chi connectivity index (χ4n) is 4.05. The number of likely N-dealkylation sites (tertiary alicyclic amines) is 2. The molecule has 1 N–H and O–H groups in total. The number of fused-ring (bicyclic) bond motifs is 1. The van der Waals surface area contributed by atoms with Gasteiger partial charge in [-0.1, -0.05) is 0 Å². The van der Waals surface area contributed by atoms with Crippen molar-refractivity contribution in [1.29, 1.82) is 0 Å². The van der Waals surface area contributed by atoms with E-state index in [0.29, 0.717) is 30.5 Å². The van der Waals surface area contributed by atoms with Gasteiger partial charge in [-0.2, -0.15) is 0 Å². The van der Waals surface area contributed by atoms with Crippen molar-refractivity contribution in [1.82, 2.24) is 24.8 Å². The molecule has 2 aromatic heterocycles. The van der Waals surface area contributed by atoms with Gasteiger partial charge in [0, 0.05) is 56.9 Å². The quantitative estimate of drug-likeness (QED) is 0.900. The Labute approximate surface area is 152 Å². The van der Waals surface area contributed by atoms with E-state index in [1.165, 1.54) is 6.20 Å². The molecule has 4 heterocycles. The molecule has 0 saturated carbocycles. The highest BCUT2D eigenvalue weighted by atomic mass is 16.2. The second kappa shape index (κ2) is 7.27. The second-order valence-electron chi connectivity index (χ2n) is 7.14. The number of rotatable bonds is 4. The summed E-state index contributed by atoms with van der Waals surface area (Å²) in [6.07, 6.45) is 8.72. The Morgan fingerprint density at radius 1 is 1.15 bits per heavy atom. The maximum atomic E-state index is 12.6. The lowest BCUT2D eigenvalue weighted by Crippen LogP contribution is -2.43. The smallest absolute Gasteiger partial charge is 0.274 e. The molecule has 2 saturated heterocycles. The Kier molecular flexibility index (Phi) is 4.69. The first-order valence-electron chi connectivity index (χ1n) is 9.16. The zero-order chi connectivity index (χ0) is 17.9. The van der Waals surface area contributed by atoms with Crippen molar-refractivity contribution in [3.05, 3.63) is 48.3 Å². The van der Waals surface area contributed by atoms with Gasteiger partial charge in [-0.15, -0.1) is 0 Å². The van der Waals surface area contributed by atoms with Gasteiger partial charge < -0.3 is 14.8 Å². The van der Waals surface area contributed by atoms with Crippen LogP contribution in [0.1, 0.15) is 29.0 Å². The molecule has 0 spiro atoms. The average molecular weight is 353 g/mol. The maximum absolute atomic E-state index is 12.6. The third-order valence-electron chi connectivity index (χ3n) is 5.49. The summed E-state index contributed by atoms with van der Waals surface area (Å²) in [6, 6.07) is 3.96. The van der Waals surface area contributed by atoms with E-state index in [2.05, 4.69) is 15.0 Å². The second-order valence-corrected chi connectivity index (χ2v) is 7.14. The van der Waals surface area contributed by atoms with Crippen LogP contribution in [-0.2, 0) is 11.2 Å². The lowest BCUT2D eigenvalue weighted by molar-refractivity contribution is -0.130. The van der Waals surface area contributed by atoms with Crippen LogP contribution in [-0.4, -0.2) is 62.7 Å². The Bertz CT molecular complexity index is 762. The van der Waals surface area contributed by atoms with Crippen LogP contribution in [0.4, 0.5) is 0 Å². The molecule has 0 unspecified atom stereocenters. The van der Waals surface area contributed by atoms with Gasteiger partial charge >= 0.3 is 0 Å². The highest BCUT2D eigenvalue weighted by molar-refractivity contribution is 5.92. The topological polar surface area (TPSA) is 82.2 Å². The van der Waals surface area contributed by atoms with Gasteiger partial charge in [0.15, 0.2) is 0 Å². The molecule has 0 bridgehead atoms. The highest BCUT2D eigenvalue weighted by Gasteiger charge is 2.40. The Morgan fingerprint density at radius 3 is 2.77 bits per heavy atom. The van der Waals surface area contributed by atoms with Crippen LogP contribution in [0.3, 0.4) is 0 Å². The Balaban J connectivity index is 1.32. The number of carbonyl (C=O) groups excluding carboxylic acids is 2. The summed E-state index contributed by atoms with van der Waals surface area (Å²) in [4.78, 5) is 40.2. The SMILES string of the molecule is O=C(CCc1ccc[nH]1)N1C[C@H]2CCN(C(=O)c3cnccn3)C[C@@H]2C1. The van der Waals surface area contributed by atoms with Crippen LogP contribution in [0.15, 0.2) is 36.9 Å². The fraction of sp³-hybridized carbons (Fsp3) is 0.474. The first kappa shape index (κ1) is 16.8. The summed E-state index contributed by atoms with van der Waals surface area (Å²) in [5.74, 6) is 1.00. The number of aryl methyl sites for hydroxylation is 1. The summed E-state index contributed by atoms with van der Waals surface area (Å²) in [6.45, 7) is 2.99. The van der Waals surface area contributed by atoms with Gasteiger partial charge in [0.1, 0.15) is 5.69 Å². The van der Waals surface area contributed by atoms with Crippen LogP contribution in [0.5, 0.6) is 0 Å². The monoisotopic (exact) mass is 353 g/mol. The number of nitrogens with one attached hydrogen (secondary N) is 1. The first-order valence-corrected chi connectivity index (χ1v) is 9.16. The van der Waals surface area contributed by atoms with Crippen LogP contribution in [0.2, 0.25) is 0 Å². The van der Waals surface area contributed by atoms with E-state index < -0.39 is 0 Å². The molecule has 2 aromatic rings. The molecule has 7 nitrogen and oxygen atoms in total. The van der Waals surface area contributed by atoms with Gasteiger partial charge in [-0.3, -0.25) is 14.6 Å². The number of hydrogen-bond donors (Lipinski definition) is 1. The highest BCUT2D eigenvalue weighted by Crippen LogP contribution is 2.32. The van der Waals surface area contributed by atoms with Crippen molar-refractivity contribution < 1.29 is 9.59 Å². The van der Waals surface area contributed by atoms with Crippen molar-refractivity contribution in [2.24, 2.45) is 11.8 Å². The minimum Gasteiger partial charge on any atom is -0.365 e. The number of H-pyrrole nitrogens is 1. The van der Waals surface area contributed by atoms with Gasteiger partial charge in [0.05, 0.1) is 6.20 Å². The molecule has 4 rings (SSSR count). The predicted octanol–water partition coefficient (Wildman–Crippen LogP) is 1.36. The van der Waals surface area contributed by atoms with Crippen molar-refractivity contribution in [2.45, 2.75) is 19.3 Å². The number of carbonyl (C=O) groups is 2. The van der Waals surface area contributed by atoms with Crippen LogP contribution < -0.4 is 0 Å². The van der Waals surface area contributed by atoms with E-state index in [-0.39, 0.29) is 11.8 Å². The lowest BCUT2D eigenvalue weighted by atomic mass is 9.88. The Morgan fingerprint density at radius 2 is 2.00 bits per heavy atom. The molecule has 2 amide bonds. The van der Waals surface area contributed by atoms with Gasteiger partial charge in [0.25, 0.3) is 5.91 Å². The van der Waals surface area contributed by atoms with Crippen LogP contribution in [0.25, 0.3) is 0 Å². The molecule has 2 atom stereocenters. The lowest BCUT2D eigenvalue weighted by Gasteiger charge is -2.33. The molecular weight excluding hydrogens is 330 g/mol. The third kappa shape index (κ3) is 3.47. The Hall–Kier alpha value is -2.70. The molecule has 2 fully saturated rings. The van der Waals surface area contributed by atoms with Crippen LogP contribution >= 0.6 is 0 Å². The molecule has 0 radical (unpaired) electrons. The average Bonchev–Trinajstić information content (AvgIpc) is 3.35. The van der Waals surface area contributed by atoms with E-state index in [1.807, 2.05) is 28.1 Å². The molecule has 2 aliphatic heterocycles. The molecular formula is C19H23N5O2. The molecule has 2 aliphatic rings. The largest absolute Gasteiger partial charge is 0.365 e. The van der Waals surface area contributed by atoms with Gasteiger partial charge in [-0.05, 0) is 36.8 Å². The third-order valence-corrected chi connectivity index (χ3v) is 5.49. The number of aromatic nitrogens is 3. The molecule has 7 heteroatoms. The fourth-order valence-corrected chi connectivity index (χ4v) is 4.05. The summed E-state index contributed by atoms with van der Waals surface area (Å²) < 4.78 is 0. The maximum Gasteiger partial charge on any atom is 0.274 e. The first-order chi connectivity index (χ1) is 12.7. The number of hydrogen-bond acceptors (Lipinski definition) is 4. The molecule has 26 heavy (non-hydrogen) atoms. The van der Waals surface area contributed by atoms with Crippen molar-refractivity contribution in [2.75, 3.05) is 26.2 Å². The standard InChI is InChI=1S/C19H23N5O2/c25-18(4-3-16-2-1-6-21-16)24-11-14-5-9-23(12-15(14)13-24)19(26)17-10-20-7-8-22-17/h1-2,6-8,10,14-15,21H,3-5,9,11-13H2/t14-,15-/m1/s1. The molecule has 136 valence electrons. The van der Waals surface area contributed by atoms with E-state index in [1.54, 1.807) is 12.4 Å². The van der Waals surface area contributed by atoms with E-state index in [0.717, 1.165) is 38.2 Å². The zero-order valence-corrected chi connectivity index (χ0v) is 14.7. The molecule has 0 aliphatic carbocycles. The number of aromatic amines is 1. The minimum atomic E-state index is -0.0620. The van der Waals surface area contributed by atoms with Crippen molar-refractivity contribution in [3.63, 3.8) is 0 Å². The number of nitrogens with zero attached hydrogens (tertiary/aromatic N) is 4. The van der Waals surface area contributed by atoms with Crippen molar-refractivity contribution in [3.8, 4) is 0 Å². The summed E-state index contributed by atoms with van der Waals surface area (Å²) >= 11 is 0. The zero-order valence-electron chi connectivity index (χ0n) is 14.7. The number of amides is 2. The van der Waals surface area contributed by atoms with E-state index in [9.17, 15) is 9.59 Å². The van der Waals surface area contributed by atoms with Crippen molar-refractivity contribution >= 4 is 11.8 Å². The molecule has 0 aromatic carbocycles. The van der Waals surface area contributed by atoms with Gasteiger partial charge in [-0.25, -0.2) is 4.98 Å². The summed E-state index contributed by atoms with van der Waals surface area (Å²) in [5, 5.41) is 0. The van der Waals surface area contributed by atoms with Gasteiger partial charge in [0.2, 0.25) is 5.91 Å². The summed E-state index contributed by atoms with van der Waals surface area (Å²) in [5.41, 5.74) is 1.48. The minimum absolute atomic E-state index is 0.0620. The predicted molar refractivity (Wildman–Crippen MR) is 95.2 cm³/mol. The summed E-state index contributed by atoms with van der Waals surface area (Å²) in [7, 11) is 0. The van der Waals surface area contributed by atoms with Crippen LogP contribution in [0, 0.1) is 11.8 Å².